The lowest BCUT2D eigenvalue weighted by molar-refractivity contribution is 0.0943. The summed E-state index contributed by atoms with van der Waals surface area (Å²) in [4.78, 5) is 15.2. The molecule has 1 unspecified atom stereocenters. The predicted molar refractivity (Wildman–Crippen MR) is 122 cm³/mol. The van der Waals surface area contributed by atoms with Gasteiger partial charge >= 0.3 is 0 Å². The fourth-order valence-corrected chi connectivity index (χ4v) is 7.18. The van der Waals surface area contributed by atoms with Gasteiger partial charge < -0.3 is 15.0 Å². The molecule has 1 saturated heterocycles. The number of likely N-dealkylation sites (N-methyl/N-ethyl adjacent to an activating group) is 1. The van der Waals surface area contributed by atoms with Gasteiger partial charge in [0.15, 0.2) is 0 Å². The Morgan fingerprint density at radius 2 is 1.87 bits per heavy atom. The summed E-state index contributed by atoms with van der Waals surface area (Å²) in [5.74, 6) is 1.95. The molecule has 1 fully saturated rings. The van der Waals surface area contributed by atoms with Crippen molar-refractivity contribution < 1.29 is 17.9 Å². The number of ether oxygens (including phenoxy) is 1. The van der Waals surface area contributed by atoms with Crippen LogP contribution in [0.25, 0.3) is 0 Å². The second-order valence-corrected chi connectivity index (χ2v) is 11.1. The van der Waals surface area contributed by atoms with Crippen molar-refractivity contribution in [1.82, 2.24) is 14.5 Å². The molecule has 30 heavy (non-hydrogen) atoms. The van der Waals surface area contributed by atoms with Gasteiger partial charge in [0, 0.05) is 31.1 Å². The summed E-state index contributed by atoms with van der Waals surface area (Å²) in [5, 5.41) is 4.58. The first-order valence-electron chi connectivity index (χ1n) is 9.58. The van der Waals surface area contributed by atoms with E-state index in [0.717, 1.165) is 34.2 Å². The molecule has 0 bridgehead atoms. The van der Waals surface area contributed by atoms with Crippen LogP contribution in [0.15, 0.2) is 40.6 Å². The van der Waals surface area contributed by atoms with Crippen LogP contribution in [0.4, 0.5) is 0 Å². The van der Waals surface area contributed by atoms with Gasteiger partial charge in [-0.1, -0.05) is 12.1 Å². The van der Waals surface area contributed by atoms with Crippen molar-refractivity contribution in [3.63, 3.8) is 0 Å². The Morgan fingerprint density at radius 3 is 2.47 bits per heavy atom. The van der Waals surface area contributed by atoms with Crippen LogP contribution in [0.1, 0.15) is 21.3 Å². The Balaban J connectivity index is 1.73. The molecule has 1 amide bonds. The van der Waals surface area contributed by atoms with E-state index in [1.54, 1.807) is 24.3 Å². The van der Waals surface area contributed by atoms with Crippen molar-refractivity contribution >= 4 is 39.0 Å². The van der Waals surface area contributed by atoms with Crippen LogP contribution in [-0.4, -0.2) is 75.9 Å². The van der Waals surface area contributed by atoms with Crippen molar-refractivity contribution in [3.8, 4) is 5.75 Å². The summed E-state index contributed by atoms with van der Waals surface area (Å²) in [6, 6.07) is 9.17. The Bertz CT molecular complexity index is 952. The van der Waals surface area contributed by atoms with E-state index in [4.69, 9.17) is 4.74 Å². The Kier molecular flexibility index (Phi) is 7.81. The highest BCUT2D eigenvalue weighted by atomic mass is 32.2. The van der Waals surface area contributed by atoms with Gasteiger partial charge in [-0.05, 0) is 43.2 Å². The summed E-state index contributed by atoms with van der Waals surface area (Å²) in [6.07, 6.45) is 0. The predicted octanol–water partition coefficient (Wildman–Crippen LogP) is 2.53. The van der Waals surface area contributed by atoms with E-state index >= 15 is 0 Å². The number of methoxy groups -OCH3 is 1. The lowest BCUT2D eigenvalue weighted by Crippen LogP contribution is -2.39. The zero-order valence-electron chi connectivity index (χ0n) is 17.3. The number of carbonyl (C=O) groups is 1. The van der Waals surface area contributed by atoms with Crippen LogP contribution >= 0.6 is 23.1 Å². The van der Waals surface area contributed by atoms with Gasteiger partial charge in [0.25, 0.3) is 5.91 Å². The first kappa shape index (κ1) is 23.1. The summed E-state index contributed by atoms with van der Waals surface area (Å²) in [5.41, 5.74) is 1.03. The van der Waals surface area contributed by atoms with E-state index in [1.807, 2.05) is 43.3 Å². The number of hydrogen-bond acceptors (Lipinski definition) is 7. The number of carbonyl (C=O) groups excluding carboxylic acids is 1. The van der Waals surface area contributed by atoms with Crippen LogP contribution in [-0.2, 0) is 10.0 Å². The van der Waals surface area contributed by atoms with E-state index in [1.165, 1.54) is 10.4 Å². The third-order valence-electron chi connectivity index (χ3n) is 5.00. The van der Waals surface area contributed by atoms with Gasteiger partial charge in [-0.3, -0.25) is 4.79 Å². The zero-order chi connectivity index (χ0) is 21.7. The van der Waals surface area contributed by atoms with Crippen LogP contribution in [0.3, 0.4) is 0 Å². The number of benzene rings is 1. The highest BCUT2D eigenvalue weighted by Crippen LogP contribution is 2.27. The molecule has 1 N–H and O–H groups in total. The number of amides is 1. The first-order chi connectivity index (χ1) is 14.3. The maximum atomic E-state index is 13.0. The van der Waals surface area contributed by atoms with Gasteiger partial charge in [0.05, 0.1) is 13.2 Å². The largest absolute Gasteiger partial charge is 0.497 e. The molecule has 0 saturated carbocycles. The van der Waals surface area contributed by atoms with Gasteiger partial charge in [-0.25, -0.2) is 8.42 Å². The molecule has 0 radical (unpaired) electrons. The quantitative estimate of drug-likeness (QED) is 0.640. The molecule has 1 aromatic heterocycles. The van der Waals surface area contributed by atoms with Crippen molar-refractivity contribution in [2.75, 3.05) is 52.3 Å². The van der Waals surface area contributed by atoms with Gasteiger partial charge in [-0.2, -0.15) is 16.1 Å². The molecule has 1 aliphatic heterocycles. The number of nitrogens with zero attached hydrogens (tertiary/aromatic N) is 2. The molecule has 1 aliphatic rings. The number of sulfonamides is 1. The molecule has 0 spiro atoms. The maximum Gasteiger partial charge on any atom is 0.262 e. The molecule has 10 heteroatoms. The smallest absolute Gasteiger partial charge is 0.262 e. The minimum absolute atomic E-state index is 0.0565. The fourth-order valence-electron chi connectivity index (χ4n) is 3.29. The summed E-state index contributed by atoms with van der Waals surface area (Å²) in [6.45, 7) is 1.31. The highest BCUT2D eigenvalue weighted by Gasteiger charge is 2.31. The van der Waals surface area contributed by atoms with Crippen molar-refractivity contribution in [1.29, 1.82) is 0 Å². The fraction of sp³-hybridized carbons (Fsp3) is 0.450. The average Bonchev–Trinajstić information content (AvgIpc) is 3.25. The molecular formula is C20H27N3O4S3. The summed E-state index contributed by atoms with van der Waals surface area (Å²) >= 11 is 2.90. The molecule has 1 atom stereocenters. The summed E-state index contributed by atoms with van der Waals surface area (Å²) in [7, 11) is 1.84. The average molecular weight is 470 g/mol. The topological polar surface area (TPSA) is 78.9 Å². The second-order valence-electron chi connectivity index (χ2n) is 7.09. The summed E-state index contributed by atoms with van der Waals surface area (Å²) < 4.78 is 32.7. The molecule has 164 valence electrons. The monoisotopic (exact) mass is 469 g/mol. The Hall–Kier alpha value is -1.59. The maximum absolute atomic E-state index is 13.0. The second kappa shape index (κ2) is 10.1. The van der Waals surface area contributed by atoms with E-state index in [2.05, 4.69) is 5.32 Å². The first-order valence-corrected chi connectivity index (χ1v) is 13.1. The van der Waals surface area contributed by atoms with Crippen LogP contribution in [0.2, 0.25) is 0 Å². The number of hydrogen-bond donors (Lipinski definition) is 1. The van der Waals surface area contributed by atoms with E-state index in [-0.39, 0.29) is 21.7 Å². The molecule has 7 nitrogen and oxygen atoms in total. The lowest BCUT2D eigenvalue weighted by Gasteiger charge is -2.26. The van der Waals surface area contributed by atoms with Gasteiger partial charge in [-0.15, -0.1) is 11.3 Å². The van der Waals surface area contributed by atoms with Gasteiger partial charge in [0.2, 0.25) is 10.0 Å². The van der Waals surface area contributed by atoms with Crippen molar-refractivity contribution in [3.05, 3.63) is 46.2 Å². The molecule has 0 aliphatic carbocycles. The molecule has 2 heterocycles. The van der Waals surface area contributed by atoms with Gasteiger partial charge in [0.1, 0.15) is 15.5 Å². The third kappa shape index (κ3) is 5.17. The molecule has 3 rings (SSSR count). The van der Waals surface area contributed by atoms with E-state index < -0.39 is 10.0 Å². The van der Waals surface area contributed by atoms with E-state index in [0.29, 0.717) is 19.6 Å². The Morgan fingerprint density at radius 1 is 1.20 bits per heavy atom. The number of nitrogens with one attached hydrogen (secondary N) is 1. The van der Waals surface area contributed by atoms with Crippen LogP contribution < -0.4 is 10.1 Å². The lowest BCUT2D eigenvalue weighted by atomic mass is 10.1. The molecule has 2 aromatic rings. The number of thiophene rings is 1. The number of rotatable bonds is 8. The molecule has 1 aromatic carbocycles. The zero-order valence-corrected chi connectivity index (χ0v) is 19.8. The third-order valence-corrected chi connectivity index (χ3v) is 8.93. The SMILES string of the molecule is COc1ccc(C(CNC(=O)c2sccc2S(=O)(=O)N2CCSCC2)N(C)C)cc1. The standard InChI is InChI=1S/C20H27N3O4S3/c1-22(2)17(15-4-6-16(27-3)7-5-15)14-21-20(24)19-18(8-11-29-19)30(25,26)23-9-12-28-13-10-23/h4-8,11,17H,9-10,12-14H2,1-3H3,(H,21,24). The van der Waals surface area contributed by atoms with E-state index in [9.17, 15) is 13.2 Å². The minimum Gasteiger partial charge on any atom is -0.497 e. The van der Waals surface area contributed by atoms with Crippen LogP contribution in [0, 0.1) is 0 Å². The number of thioether (sulfide) groups is 1. The van der Waals surface area contributed by atoms with Crippen molar-refractivity contribution in [2.24, 2.45) is 0 Å². The normalized spacial score (nSPS) is 16.4. The Labute approximate surface area is 186 Å². The highest BCUT2D eigenvalue weighted by molar-refractivity contribution is 7.99. The minimum atomic E-state index is -3.66. The molecular weight excluding hydrogens is 442 g/mol. The van der Waals surface area contributed by atoms with Crippen LogP contribution in [0.5, 0.6) is 5.75 Å². The van der Waals surface area contributed by atoms with Crippen molar-refractivity contribution in [2.45, 2.75) is 10.9 Å².